The van der Waals surface area contributed by atoms with E-state index in [1.807, 2.05) is 0 Å². The van der Waals surface area contributed by atoms with Gasteiger partial charge in [-0.2, -0.15) is 0 Å². The number of carbonyl (C=O) groups is 2. The number of ether oxygens (including phenoxy) is 1. The van der Waals surface area contributed by atoms with Crippen molar-refractivity contribution in [3.05, 3.63) is 0 Å². The van der Waals surface area contributed by atoms with Crippen molar-refractivity contribution >= 4 is 12.0 Å². The van der Waals surface area contributed by atoms with Gasteiger partial charge in [-0.1, -0.05) is 13.3 Å². The molecule has 1 aliphatic carbocycles. The molecule has 1 saturated heterocycles. The van der Waals surface area contributed by atoms with Crippen LogP contribution in [0.5, 0.6) is 0 Å². The third kappa shape index (κ3) is 3.62. The van der Waals surface area contributed by atoms with Crippen LogP contribution in [0.3, 0.4) is 0 Å². The Morgan fingerprint density at radius 1 is 1.35 bits per heavy atom. The number of aliphatic carboxylic acids is 1. The van der Waals surface area contributed by atoms with E-state index in [-0.39, 0.29) is 18.6 Å². The molecule has 20 heavy (non-hydrogen) atoms. The number of carboxylic acid groups (broad SMARTS) is 1. The molecule has 0 radical (unpaired) electrons. The van der Waals surface area contributed by atoms with Crippen molar-refractivity contribution in [1.29, 1.82) is 0 Å². The zero-order chi connectivity index (χ0) is 14.6. The Hall–Kier alpha value is -1.30. The van der Waals surface area contributed by atoms with Gasteiger partial charge in [0.1, 0.15) is 0 Å². The third-order valence-corrected chi connectivity index (χ3v) is 4.39. The van der Waals surface area contributed by atoms with Gasteiger partial charge in [0.15, 0.2) is 0 Å². The molecular formula is C14H24N2O4. The van der Waals surface area contributed by atoms with Gasteiger partial charge in [0, 0.05) is 25.8 Å². The molecule has 1 aliphatic heterocycles. The second-order valence-corrected chi connectivity index (χ2v) is 5.92. The minimum atomic E-state index is -0.873. The minimum Gasteiger partial charge on any atom is -0.481 e. The first-order valence-corrected chi connectivity index (χ1v) is 7.43. The Balaban J connectivity index is 1.75. The zero-order valence-corrected chi connectivity index (χ0v) is 12.0. The Kier molecular flexibility index (Phi) is 4.86. The summed E-state index contributed by atoms with van der Waals surface area (Å²) in [7, 11) is 0. The van der Waals surface area contributed by atoms with Crippen molar-refractivity contribution in [3.8, 4) is 0 Å². The van der Waals surface area contributed by atoms with Crippen LogP contribution in [-0.2, 0) is 9.53 Å². The highest BCUT2D eigenvalue weighted by atomic mass is 16.5. The molecule has 6 heteroatoms. The molecule has 0 aromatic carbocycles. The van der Waals surface area contributed by atoms with Gasteiger partial charge in [0.05, 0.1) is 5.41 Å². The van der Waals surface area contributed by atoms with E-state index in [0.717, 1.165) is 19.3 Å². The molecule has 2 atom stereocenters. The summed E-state index contributed by atoms with van der Waals surface area (Å²) in [6.45, 7) is 3.19. The lowest BCUT2D eigenvalue weighted by atomic mass is 9.80. The summed E-state index contributed by atoms with van der Waals surface area (Å²) in [4.78, 5) is 23.2. The fourth-order valence-corrected chi connectivity index (χ4v) is 2.81. The van der Waals surface area contributed by atoms with E-state index in [9.17, 15) is 14.7 Å². The molecule has 0 aromatic heterocycles. The SMILES string of the molecule is CCCC1CC1NC(=O)NCC1(C(=O)O)CCOCC1. The Morgan fingerprint density at radius 3 is 2.65 bits per heavy atom. The van der Waals surface area contributed by atoms with Crippen molar-refractivity contribution in [2.75, 3.05) is 19.8 Å². The summed E-state index contributed by atoms with van der Waals surface area (Å²) >= 11 is 0. The van der Waals surface area contributed by atoms with Gasteiger partial charge in [-0.05, 0) is 31.6 Å². The molecular weight excluding hydrogens is 260 g/mol. The van der Waals surface area contributed by atoms with Crippen molar-refractivity contribution in [3.63, 3.8) is 0 Å². The highest BCUT2D eigenvalue weighted by Crippen LogP contribution is 2.34. The molecule has 3 N–H and O–H groups in total. The van der Waals surface area contributed by atoms with Crippen molar-refractivity contribution in [2.45, 2.75) is 45.1 Å². The van der Waals surface area contributed by atoms with Crippen molar-refractivity contribution in [2.24, 2.45) is 11.3 Å². The van der Waals surface area contributed by atoms with Gasteiger partial charge in [-0.3, -0.25) is 4.79 Å². The quantitative estimate of drug-likeness (QED) is 0.687. The van der Waals surface area contributed by atoms with Gasteiger partial charge < -0.3 is 20.5 Å². The maximum absolute atomic E-state index is 11.8. The predicted molar refractivity (Wildman–Crippen MR) is 73.5 cm³/mol. The Morgan fingerprint density at radius 2 is 2.05 bits per heavy atom. The number of carboxylic acids is 1. The number of hydrogen-bond donors (Lipinski definition) is 3. The monoisotopic (exact) mass is 284 g/mol. The van der Waals surface area contributed by atoms with Crippen LogP contribution in [0.1, 0.15) is 39.0 Å². The summed E-state index contributed by atoms with van der Waals surface area (Å²) in [5.74, 6) is -0.251. The summed E-state index contributed by atoms with van der Waals surface area (Å²) in [5, 5.41) is 15.0. The molecule has 0 aromatic rings. The smallest absolute Gasteiger partial charge is 0.315 e. The number of carbonyl (C=O) groups excluding carboxylic acids is 1. The third-order valence-electron chi connectivity index (χ3n) is 4.39. The lowest BCUT2D eigenvalue weighted by molar-refractivity contribution is -0.154. The first kappa shape index (κ1) is 15.1. The average molecular weight is 284 g/mol. The van der Waals surface area contributed by atoms with Crippen LogP contribution in [0.15, 0.2) is 0 Å². The van der Waals surface area contributed by atoms with Crippen LogP contribution in [-0.4, -0.2) is 42.9 Å². The van der Waals surface area contributed by atoms with Gasteiger partial charge in [-0.15, -0.1) is 0 Å². The number of nitrogens with one attached hydrogen (secondary N) is 2. The highest BCUT2D eigenvalue weighted by molar-refractivity contribution is 5.78. The molecule has 2 rings (SSSR count). The van der Waals surface area contributed by atoms with E-state index in [4.69, 9.17) is 4.74 Å². The van der Waals surface area contributed by atoms with Gasteiger partial charge in [-0.25, -0.2) is 4.79 Å². The fraction of sp³-hybridized carbons (Fsp3) is 0.857. The van der Waals surface area contributed by atoms with E-state index in [2.05, 4.69) is 17.6 Å². The minimum absolute atomic E-state index is 0.169. The maximum Gasteiger partial charge on any atom is 0.315 e. The summed E-state index contributed by atoms with van der Waals surface area (Å²) in [6.07, 6.45) is 4.21. The summed E-state index contributed by atoms with van der Waals surface area (Å²) in [6, 6.07) is 0.0196. The Labute approximate surface area is 119 Å². The maximum atomic E-state index is 11.8. The van der Waals surface area contributed by atoms with E-state index in [0.29, 0.717) is 32.0 Å². The highest BCUT2D eigenvalue weighted by Gasteiger charge is 2.41. The first-order chi connectivity index (χ1) is 9.57. The number of rotatable bonds is 6. The van der Waals surface area contributed by atoms with Gasteiger partial charge >= 0.3 is 12.0 Å². The van der Waals surface area contributed by atoms with Crippen molar-refractivity contribution in [1.82, 2.24) is 10.6 Å². The molecule has 2 amide bonds. The fourth-order valence-electron chi connectivity index (χ4n) is 2.81. The summed E-state index contributed by atoms with van der Waals surface area (Å²) in [5.41, 5.74) is -0.873. The van der Waals surface area contributed by atoms with Gasteiger partial charge in [0.2, 0.25) is 0 Å². The lowest BCUT2D eigenvalue weighted by Crippen LogP contribution is -2.49. The first-order valence-electron chi connectivity index (χ1n) is 7.43. The molecule has 2 aliphatic rings. The average Bonchev–Trinajstić information content (AvgIpc) is 3.15. The van der Waals surface area contributed by atoms with E-state index < -0.39 is 11.4 Å². The molecule has 0 bridgehead atoms. The molecule has 2 unspecified atom stereocenters. The molecule has 0 spiro atoms. The van der Waals surface area contributed by atoms with Gasteiger partial charge in [0.25, 0.3) is 0 Å². The zero-order valence-electron chi connectivity index (χ0n) is 12.0. The van der Waals surface area contributed by atoms with Crippen LogP contribution in [0.4, 0.5) is 4.79 Å². The lowest BCUT2D eigenvalue weighted by Gasteiger charge is -2.33. The van der Waals surface area contributed by atoms with Crippen molar-refractivity contribution < 1.29 is 19.4 Å². The van der Waals surface area contributed by atoms with Crippen LogP contribution >= 0.6 is 0 Å². The topological polar surface area (TPSA) is 87.7 Å². The van der Waals surface area contributed by atoms with E-state index >= 15 is 0 Å². The number of amides is 2. The largest absolute Gasteiger partial charge is 0.481 e. The van der Waals surface area contributed by atoms with Crippen LogP contribution < -0.4 is 10.6 Å². The van der Waals surface area contributed by atoms with E-state index in [1.165, 1.54) is 0 Å². The molecule has 2 fully saturated rings. The van der Waals surface area contributed by atoms with Crippen LogP contribution in [0, 0.1) is 11.3 Å². The van der Waals surface area contributed by atoms with E-state index in [1.54, 1.807) is 0 Å². The van der Waals surface area contributed by atoms with Crippen LogP contribution in [0.2, 0.25) is 0 Å². The molecule has 114 valence electrons. The molecule has 1 heterocycles. The second kappa shape index (κ2) is 6.43. The number of urea groups is 1. The summed E-state index contributed by atoms with van der Waals surface area (Å²) < 4.78 is 5.21. The standard InChI is InChI=1S/C14H24N2O4/c1-2-3-10-8-11(10)16-13(19)15-9-14(12(17)18)4-6-20-7-5-14/h10-11H,2-9H2,1H3,(H,17,18)(H2,15,16,19). The predicted octanol–water partition coefficient (Wildman–Crippen LogP) is 1.36. The normalized spacial score (nSPS) is 27.6. The molecule has 1 saturated carbocycles. The molecule has 6 nitrogen and oxygen atoms in total. The Bertz CT molecular complexity index is 366. The second-order valence-electron chi connectivity index (χ2n) is 5.92. The number of hydrogen-bond acceptors (Lipinski definition) is 3. The van der Waals surface area contributed by atoms with Crippen LogP contribution in [0.25, 0.3) is 0 Å².